The van der Waals surface area contributed by atoms with Gasteiger partial charge in [-0.25, -0.2) is 13.4 Å². The minimum atomic E-state index is -3.72. The van der Waals surface area contributed by atoms with Crippen LogP contribution in [0.1, 0.15) is 29.5 Å². The summed E-state index contributed by atoms with van der Waals surface area (Å²) in [5.74, 6) is 1.32. The van der Waals surface area contributed by atoms with Crippen LogP contribution in [0.4, 0.5) is 5.82 Å². The summed E-state index contributed by atoms with van der Waals surface area (Å²) in [5, 5.41) is 11.1. The Balaban J connectivity index is 1.35. The van der Waals surface area contributed by atoms with Crippen LogP contribution in [0.3, 0.4) is 0 Å². The number of aromatic nitrogens is 3. The van der Waals surface area contributed by atoms with Crippen LogP contribution in [0.25, 0.3) is 0 Å². The van der Waals surface area contributed by atoms with Gasteiger partial charge in [0.25, 0.3) is 0 Å². The normalized spacial score (nSPS) is 15.6. The van der Waals surface area contributed by atoms with Crippen LogP contribution >= 0.6 is 0 Å². The van der Waals surface area contributed by atoms with Gasteiger partial charge in [-0.15, -0.1) is 0 Å². The number of rotatable bonds is 9. The molecule has 1 fully saturated rings. The Morgan fingerprint density at radius 3 is 2.46 bits per heavy atom. The molecule has 1 saturated heterocycles. The van der Waals surface area contributed by atoms with E-state index in [-0.39, 0.29) is 24.1 Å². The van der Waals surface area contributed by atoms with Crippen LogP contribution in [-0.4, -0.2) is 73.2 Å². The third-order valence-electron chi connectivity index (χ3n) is 6.71. The topological polar surface area (TPSA) is 118 Å². The van der Waals surface area contributed by atoms with Gasteiger partial charge in [0.05, 0.1) is 17.6 Å². The standard InChI is InChI=1S/C26H33N5O5S/c1-19-16-22(35-4)17-20(2)24(19)37(33,34)30(3)14-15-36-25-28-11-7-23(29-25)31-12-8-26(32,9-13-31)21-6-5-10-27-18-21/h5-7,10-11,16-18,32H,8-9,12-15H2,1-4H3. The fourth-order valence-electron chi connectivity index (χ4n) is 4.59. The predicted molar refractivity (Wildman–Crippen MR) is 139 cm³/mol. The van der Waals surface area contributed by atoms with Gasteiger partial charge >= 0.3 is 6.01 Å². The molecule has 37 heavy (non-hydrogen) atoms. The van der Waals surface area contributed by atoms with Crippen LogP contribution in [0.2, 0.25) is 0 Å². The van der Waals surface area contributed by atoms with Crippen molar-refractivity contribution >= 4 is 15.8 Å². The minimum absolute atomic E-state index is 0.0915. The lowest BCUT2D eigenvalue weighted by Crippen LogP contribution is -2.43. The minimum Gasteiger partial charge on any atom is -0.497 e. The molecule has 0 aliphatic carbocycles. The van der Waals surface area contributed by atoms with Gasteiger partial charge in [0.1, 0.15) is 18.2 Å². The van der Waals surface area contributed by atoms with E-state index in [9.17, 15) is 13.5 Å². The average Bonchev–Trinajstić information content (AvgIpc) is 2.89. The SMILES string of the molecule is COc1cc(C)c(S(=O)(=O)N(C)CCOc2nccc(N3CCC(O)(c4cccnc4)CC3)n2)c(C)c1. The quantitative estimate of drug-likeness (QED) is 0.448. The molecule has 0 bridgehead atoms. The van der Waals surface area contributed by atoms with E-state index < -0.39 is 15.6 Å². The van der Waals surface area contributed by atoms with Gasteiger partial charge in [0.2, 0.25) is 10.0 Å². The van der Waals surface area contributed by atoms with Gasteiger partial charge in [-0.05, 0) is 62.1 Å². The van der Waals surface area contributed by atoms with E-state index in [0.29, 0.717) is 48.6 Å². The second kappa shape index (κ2) is 11.0. The summed E-state index contributed by atoms with van der Waals surface area (Å²) in [4.78, 5) is 15.1. The van der Waals surface area contributed by atoms with Gasteiger partial charge in [0, 0.05) is 50.8 Å². The molecule has 0 radical (unpaired) electrons. The summed E-state index contributed by atoms with van der Waals surface area (Å²) in [5.41, 5.74) is 1.16. The van der Waals surface area contributed by atoms with Crippen LogP contribution in [0, 0.1) is 13.8 Å². The number of pyridine rings is 1. The van der Waals surface area contributed by atoms with Crippen LogP contribution < -0.4 is 14.4 Å². The number of ether oxygens (including phenoxy) is 2. The van der Waals surface area contributed by atoms with Crippen molar-refractivity contribution in [3.05, 3.63) is 65.6 Å². The number of piperidine rings is 1. The molecule has 1 aromatic carbocycles. The third-order valence-corrected chi connectivity index (χ3v) is 8.87. The molecule has 0 amide bonds. The Labute approximate surface area is 218 Å². The molecule has 2 aromatic heterocycles. The number of likely N-dealkylation sites (N-methyl/N-ethyl adjacent to an activating group) is 1. The van der Waals surface area contributed by atoms with Gasteiger partial charge in [-0.1, -0.05) is 6.07 Å². The molecule has 4 rings (SSSR count). The number of hydrogen-bond donors (Lipinski definition) is 1. The lowest BCUT2D eigenvalue weighted by molar-refractivity contribution is 0.0113. The molecule has 0 spiro atoms. The fraction of sp³-hybridized carbons (Fsp3) is 0.423. The maximum Gasteiger partial charge on any atom is 0.318 e. The smallest absolute Gasteiger partial charge is 0.318 e. The van der Waals surface area contributed by atoms with Crippen molar-refractivity contribution in [2.45, 2.75) is 37.2 Å². The van der Waals surface area contributed by atoms with Crippen LogP contribution in [0.15, 0.2) is 53.8 Å². The molecule has 0 atom stereocenters. The molecule has 10 nitrogen and oxygen atoms in total. The maximum absolute atomic E-state index is 13.2. The average molecular weight is 528 g/mol. The van der Waals surface area contributed by atoms with Crippen molar-refractivity contribution in [2.75, 3.05) is 45.3 Å². The third kappa shape index (κ3) is 5.84. The Hall–Kier alpha value is -3.28. The van der Waals surface area contributed by atoms with Crippen molar-refractivity contribution in [2.24, 2.45) is 0 Å². The summed E-state index contributed by atoms with van der Waals surface area (Å²) < 4.78 is 38.6. The van der Waals surface area contributed by atoms with Crippen LogP contribution in [0.5, 0.6) is 11.8 Å². The lowest BCUT2D eigenvalue weighted by atomic mass is 9.85. The van der Waals surface area contributed by atoms with E-state index in [2.05, 4.69) is 19.9 Å². The molecule has 1 aliphatic heterocycles. The molecule has 3 heterocycles. The van der Waals surface area contributed by atoms with Crippen molar-refractivity contribution in [1.29, 1.82) is 0 Å². The Morgan fingerprint density at radius 1 is 1.14 bits per heavy atom. The fourth-order valence-corrected chi connectivity index (χ4v) is 6.14. The van der Waals surface area contributed by atoms with Crippen molar-refractivity contribution in [1.82, 2.24) is 19.3 Å². The number of aryl methyl sites for hydroxylation is 2. The van der Waals surface area contributed by atoms with E-state index >= 15 is 0 Å². The zero-order valence-corrected chi connectivity index (χ0v) is 22.4. The summed E-state index contributed by atoms with van der Waals surface area (Å²) in [6.07, 6.45) is 6.11. The van der Waals surface area contributed by atoms with Crippen molar-refractivity contribution in [3.8, 4) is 11.8 Å². The number of methoxy groups -OCH3 is 1. The molecule has 0 unspecified atom stereocenters. The Morgan fingerprint density at radius 2 is 1.84 bits per heavy atom. The molecular formula is C26H33N5O5S. The summed E-state index contributed by atoms with van der Waals surface area (Å²) in [6, 6.07) is 9.12. The first kappa shape index (κ1) is 26.8. The van der Waals surface area contributed by atoms with E-state index in [0.717, 1.165) is 5.56 Å². The highest BCUT2D eigenvalue weighted by Crippen LogP contribution is 2.34. The summed E-state index contributed by atoms with van der Waals surface area (Å²) in [7, 11) is -0.642. The number of nitrogens with zero attached hydrogens (tertiary/aromatic N) is 5. The van der Waals surface area contributed by atoms with Gasteiger partial charge in [-0.2, -0.15) is 9.29 Å². The van der Waals surface area contributed by atoms with E-state index in [4.69, 9.17) is 9.47 Å². The molecule has 1 N–H and O–H groups in total. The molecule has 1 aliphatic rings. The number of hydrogen-bond acceptors (Lipinski definition) is 9. The van der Waals surface area contributed by atoms with Gasteiger partial charge in [0.15, 0.2) is 0 Å². The highest BCUT2D eigenvalue weighted by Gasteiger charge is 2.34. The molecule has 198 valence electrons. The highest BCUT2D eigenvalue weighted by molar-refractivity contribution is 7.89. The summed E-state index contributed by atoms with van der Waals surface area (Å²) >= 11 is 0. The number of aliphatic hydroxyl groups is 1. The second-order valence-electron chi connectivity index (χ2n) is 9.22. The highest BCUT2D eigenvalue weighted by atomic mass is 32.2. The Kier molecular flexibility index (Phi) is 7.96. The first-order valence-corrected chi connectivity index (χ1v) is 13.5. The molecule has 3 aromatic rings. The van der Waals surface area contributed by atoms with E-state index in [1.807, 2.05) is 12.1 Å². The Bertz CT molecular complexity index is 1310. The first-order chi connectivity index (χ1) is 17.6. The molecule has 11 heteroatoms. The maximum atomic E-state index is 13.2. The first-order valence-electron chi connectivity index (χ1n) is 12.1. The predicted octanol–water partition coefficient (Wildman–Crippen LogP) is 2.68. The van der Waals surface area contributed by atoms with E-state index in [1.165, 1.54) is 11.4 Å². The van der Waals surface area contributed by atoms with Crippen LogP contribution in [-0.2, 0) is 15.6 Å². The lowest BCUT2D eigenvalue weighted by Gasteiger charge is -2.38. The van der Waals surface area contributed by atoms with Gasteiger partial charge < -0.3 is 19.5 Å². The molecular weight excluding hydrogens is 494 g/mol. The number of benzene rings is 1. The summed E-state index contributed by atoms with van der Waals surface area (Å²) in [6.45, 7) is 4.96. The van der Waals surface area contributed by atoms with Crippen molar-refractivity contribution in [3.63, 3.8) is 0 Å². The second-order valence-corrected chi connectivity index (χ2v) is 11.2. The van der Waals surface area contributed by atoms with Gasteiger partial charge in [-0.3, -0.25) is 4.98 Å². The molecule has 0 saturated carbocycles. The zero-order valence-electron chi connectivity index (χ0n) is 21.6. The zero-order chi connectivity index (χ0) is 26.6. The number of anilines is 1. The monoisotopic (exact) mass is 527 g/mol. The largest absolute Gasteiger partial charge is 0.497 e. The van der Waals surface area contributed by atoms with Crippen molar-refractivity contribution < 1.29 is 23.0 Å². The van der Waals surface area contributed by atoms with E-state index in [1.54, 1.807) is 57.7 Å². The number of sulfonamides is 1.